The van der Waals surface area contributed by atoms with E-state index in [2.05, 4.69) is 19.6 Å². The van der Waals surface area contributed by atoms with Crippen LogP contribution in [0.1, 0.15) is 98.8 Å². The Morgan fingerprint density at radius 1 is 0.930 bits per heavy atom. The van der Waals surface area contributed by atoms with Gasteiger partial charge in [-0.15, -0.1) is 6.58 Å². The Balaban J connectivity index is 1.77. The van der Waals surface area contributed by atoms with Crippen LogP contribution in [-0.4, -0.2) is 117 Å². The van der Waals surface area contributed by atoms with Crippen molar-refractivity contribution < 1.29 is 52.7 Å². The molecule has 2 bridgehead atoms. The van der Waals surface area contributed by atoms with Gasteiger partial charge >= 0.3 is 5.97 Å². The fourth-order valence-corrected chi connectivity index (χ4v) is 9.38. The van der Waals surface area contributed by atoms with Crippen molar-refractivity contribution in [2.45, 2.75) is 147 Å². The van der Waals surface area contributed by atoms with Crippen LogP contribution in [0.15, 0.2) is 48.1 Å². The number of ketones is 2. The highest BCUT2D eigenvalue weighted by molar-refractivity contribution is 6.39. The van der Waals surface area contributed by atoms with Gasteiger partial charge in [-0.05, 0) is 102 Å². The Hall–Kier alpha value is -3.00. The fraction of sp³-hybridized carbons (Fsp3) is 0.733. The molecule has 13 atom stereocenters. The maximum absolute atomic E-state index is 14.3. The molecule has 320 valence electrons. The van der Waals surface area contributed by atoms with Gasteiger partial charge in [0.05, 0.1) is 24.4 Å². The molecule has 0 radical (unpaired) electrons. The number of hydrogen-bond donors (Lipinski definition) is 1. The number of carbonyl (C=O) groups excluding carboxylic acids is 4. The van der Waals surface area contributed by atoms with Crippen LogP contribution in [0.5, 0.6) is 0 Å². The van der Waals surface area contributed by atoms with Gasteiger partial charge in [-0.2, -0.15) is 0 Å². The van der Waals surface area contributed by atoms with E-state index in [1.54, 1.807) is 53.6 Å². The summed E-state index contributed by atoms with van der Waals surface area (Å²) in [5.74, 6) is -6.80. The molecule has 1 amide bonds. The summed E-state index contributed by atoms with van der Waals surface area (Å²) in [5, 5.41) is 12.0. The van der Waals surface area contributed by atoms with Crippen LogP contribution in [0.3, 0.4) is 0 Å². The van der Waals surface area contributed by atoms with Crippen molar-refractivity contribution in [2.24, 2.45) is 29.6 Å². The van der Waals surface area contributed by atoms with Crippen molar-refractivity contribution in [3.63, 3.8) is 0 Å². The van der Waals surface area contributed by atoms with E-state index in [1.807, 2.05) is 26.8 Å². The van der Waals surface area contributed by atoms with E-state index in [0.717, 1.165) is 30.4 Å². The van der Waals surface area contributed by atoms with Crippen LogP contribution < -0.4 is 0 Å². The number of Topliss-reactive ketones (excluding diaryl/α,β-unsaturated/α-hetero) is 1. The zero-order valence-electron chi connectivity index (χ0n) is 35.8. The van der Waals surface area contributed by atoms with Crippen LogP contribution in [0, 0.1) is 29.6 Å². The Labute approximate surface area is 340 Å². The van der Waals surface area contributed by atoms with Gasteiger partial charge in [-0.1, -0.05) is 50.6 Å². The number of hydrogen-bond acceptors (Lipinski definition) is 11. The van der Waals surface area contributed by atoms with Crippen molar-refractivity contribution in [1.82, 2.24) is 4.90 Å². The minimum atomic E-state index is -2.47. The monoisotopic (exact) mass is 799 g/mol. The van der Waals surface area contributed by atoms with E-state index in [-0.39, 0.29) is 49.2 Å². The highest BCUT2D eigenvalue weighted by Gasteiger charge is 2.56. The lowest BCUT2D eigenvalue weighted by Gasteiger charge is -2.47. The summed E-state index contributed by atoms with van der Waals surface area (Å²) in [6.45, 7) is 13.6. The molecule has 3 heterocycles. The van der Waals surface area contributed by atoms with Crippen molar-refractivity contribution in [3.05, 3.63) is 48.1 Å². The minimum Gasteiger partial charge on any atom is -0.456 e. The number of methoxy groups -OCH3 is 4. The van der Waals surface area contributed by atoms with E-state index in [0.29, 0.717) is 32.1 Å². The maximum Gasteiger partial charge on any atom is 0.329 e. The lowest BCUT2D eigenvalue weighted by Crippen LogP contribution is -2.64. The number of allylic oxidation sites excluding steroid dienone is 5. The number of esters is 1. The second-order valence-corrected chi connectivity index (χ2v) is 17.0. The number of carbonyl (C=O) groups is 4. The predicted octanol–water partition coefficient (Wildman–Crippen LogP) is 6.10. The van der Waals surface area contributed by atoms with Crippen LogP contribution in [-0.2, 0) is 47.6 Å². The molecule has 12 heteroatoms. The van der Waals surface area contributed by atoms with Crippen molar-refractivity contribution in [3.8, 4) is 0 Å². The second kappa shape index (κ2) is 21.3. The first-order valence-corrected chi connectivity index (χ1v) is 20.9. The smallest absolute Gasteiger partial charge is 0.329 e. The zero-order chi connectivity index (χ0) is 42.0. The van der Waals surface area contributed by atoms with Crippen molar-refractivity contribution in [1.29, 1.82) is 0 Å². The number of aliphatic hydroxyl groups is 1. The molecule has 3 fully saturated rings. The van der Waals surface area contributed by atoms with E-state index in [4.69, 9.17) is 28.4 Å². The largest absolute Gasteiger partial charge is 0.456 e. The number of piperidine rings is 1. The molecule has 1 N–H and O–H groups in total. The topological polar surface area (TPSA) is 147 Å². The molecule has 13 unspecified atom stereocenters. The fourth-order valence-electron chi connectivity index (χ4n) is 9.38. The van der Waals surface area contributed by atoms with E-state index >= 15 is 0 Å². The summed E-state index contributed by atoms with van der Waals surface area (Å²) in [7, 11) is 6.46. The summed E-state index contributed by atoms with van der Waals surface area (Å²) in [5.41, 5.74) is 1.83. The number of nitrogens with zero attached hydrogens (tertiary/aromatic N) is 1. The van der Waals surface area contributed by atoms with Gasteiger partial charge in [0.25, 0.3) is 11.7 Å². The standard InChI is InChI=1S/C45H69NO11/c1-11-14-33-22-27(2)21-28(3)23-38(54-9)41-39(55-10)25-31(6)45(51,57-41)42(48)43(49)46-20-13-12-15-34(46)44(50)56-40(29(4)16-18-35(33)47)30(5)24-32-17-19-36(52-7)37(26-32)53-8/h11,16,18,22,24,28-29,31-34,36-41,51H,1,12-15,17,19-21,23,25-26H2,2-10H3/b18-16+,27-22+,30-24?. The molecular formula is C45H69NO11. The zero-order valence-corrected chi connectivity index (χ0v) is 35.8. The third kappa shape index (κ3) is 11.4. The number of fused-ring (bicyclic) bond motifs is 3. The quantitative estimate of drug-likeness (QED) is 0.173. The number of amides is 1. The summed E-state index contributed by atoms with van der Waals surface area (Å²) in [4.78, 5) is 57.8. The highest BCUT2D eigenvalue weighted by atomic mass is 16.7. The normalized spacial score (nSPS) is 39.9. The maximum atomic E-state index is 14.3. The van der Waals surface area contributed by atoms with Crippen molar-refractivity contribution >= 4 is 23.4 Å². The number of rotatable bonds is 8. The van der Waals surface area contributed by atoms with Crippen LogP contribution in [0.4, 0.5) is 0 Å². The molecule has 0 aromatic carbocycles. The van der Waals surface area contributed by atoms with Crippen LogP contribution >= 0.6 is 0 Å². The molecule has 3 aliphatic heterocycles. The predicted molar refractivity (Wildman–Crippen MR) is 216 cm³/mol. The minimum absolute atomic E-state index is 0.00413. The summed E-state index contributed by atoms with van der Waals surface area (Å²) < 4.78 is 35.8. The Kier molecular flexibility index (Phi) is 17.5. The second-order valence-electron chi connectivity index (χ2n) is 17.0. The molecule has 12 nitrogen and oxygen atoms in total. The number of cyclic esters (lactones) is 1. The van der Waals surface area contributed by atoms with Crippen molar-refractivity contribution in [2.75, 3.05) is 35.0 Å². The average Bonchev–Trinajstić information content (AvgIpc) is 3.20. The molecule has 57 heavy (non-hydrogen) atoms. The summed E-state index contributed by atoms with van der Waals surface area (Å²) in [6, 6.07) is -1.06. The van der Waals surface area contributed by atoms with Crippen LogP contribution in [0.25, 0.3) is 0 Å². The van der Waals surface area contributed by atoms with E-state index in [1.165, 1.54) is 4.90 Å². The molecule has 2 saturated heterocycles. The lowest BCUT2D eigenvalue weighted by atomic mass is 9.82. The molecule has 0 aromatic rings. The first kappa shape index (κ1) is 46.7. The third-order valence-corrected chi connectivity index (χ3v) is 12.6. The van der Waals surface area contributed by atoms with Gasteiger partial charge in [0.2, 0.25) is 5.79 Å². The first-order valence-electron chi connectivity index (χ1n) is 20.9. The highest BCUT2D eigenvalue weighted by Crippen LogP contribution is 2.39. The Bertz CT molecular complexity index is 1510. The van der Waals surface area contributed by atoms with Gasteiger partial charge < -0.3 is 38.4 Å². The SMILES string of the molecule is C=CCC1/C=C(\C)CC(C)CC(OC)C2OC(O)(C(=O)C(=O)N3CCCCC3C(=O)OC(C(C)=CC3CCC(OC)C(OC)C3)C(C)/C=C/C1=O)C(C)CC2OC. The van der Waals surface area contributed by atoms with E-state index < -0.39 is 71.7 Å². The number of ether oxygens (including phenoxy) is 6. The Morgan fingerprint density at radius 2 is 1.60 bits per heavy atom. The molecule has 0 spiro atoms. The van der Waals surface area contributed by atoms with Crippen LogP contribution in [0.2, 0.25) is 0 Å². The molecule has 1 saturated carbocycles. The van der Waals surface area contributed by atoms with Gasteiger partial charge in [0.15, 0.2) is 5.78 Å². The lowest BCUT2D eigenvalue weighted by molar-refractivity contribution is -0.302. The third-order valence-electron chi connectivity index (χ3n) is 12.6. The van der Waals surface area contributed by atoms with Gasteiger partial charge in [0, 0.05) is 52.7 Å². The van der Waals surface area contributed by atoms with Gasteiger partial charge in [0.1, 0.15) is 18.2 Å². The summed E-state index contributed by atoms with van der Waals surface area (Å²) in [6.07, 6.45) is 12.1. The molecule has 4 rings (SSSR count). The van der Waals surface area contributed by atoms with Gasteiger partial charge in [-0.3, -0.25) is 14.4 Å². The summed E-state index contributed by atoms with van der Waals surface area (Å²) >= 11 is 0. The average molecular weight is 800 g/mol. The molecular weight excluding hydrogens is 730 g/mol. The Morgan fingerprint density at radius 3 is 2.25 bits per heavy atom. The molecule has 0 aromatic heterocycles. The first-order chi connectivity index (χ1) is 27.1. The molecule has 1 aliphatic carbocycles. The van der Waals surface area contributed by atoms with E-state index in [9.17, 15) is 24.3 Å². The molecule has 4 aliphatic rings. The van der Waals surface area contributed by atoms with Gasteiger partial charge in [-0.25, -0.2) is 4.79 Å².